The topological polar surface area (TPSA) is 28.5 Å². The van der Waals surface area contributed by atoms with Crippen molar-refractivity contribution in [3.63, 3.8) is 0 Å². The van der Waals surface area contributed by atoms with Crippen LogP contribution in [-0.2, 0) is 11.3 Å². The molecule has 1 aromatic heterocycles. The summed E-state index contributed by atoms with van der Waals surface area (Å²) in [4.78, 5) is 18.5. The molecule has 3 aliphatic heterocycles. The van der Waals surface area contributed by atoms with Crippen LogP contribution >= 0.6 is 0 Å². The maximum atomic E-state index is 13.5. The van der Waals surface area contributed by atoms with E-state index in [4.69, 9.17) is 0 Å². The molecule has 4 aliphatic rings. The summed E-state index contributed by atoms with van der Waals surface area (Å²) in [6.07, 6.45) is 12.4. The SMILES string of the molecule is O=C(Cn1ccc2ccccc21)N1CCCC2=C[C@H]3C[C@@H](CN4CCCCC34)C21. The molecule has 2 unspecified atom stereocenters. The number of carbonyl (C=O) groups excluding carboxylic acids is 1. The van der Waals surface area contributed by atoms with Crippen LogP contribution in [0.15, 0.2) is 48.2 Å². The summed E-state index contributed by atoms with van der Waals surface area (Å²) < 4.78 is 2.13. The average Bonchev–Trinajstić information content (AvgIpc) is 3.16. The fraction of sp³-hybridized carbons (Fsp3) is 0.560. The van der Waals surface area contributed by atoms with Gasteiger partial charge in [-0.1, -0.05) is 36.3 Å². The maximum absolute atomic E-state index is 13.5. The van der Waals surface area contributed by atoms with Crippen LogP contribution in [0.25, 0.3) is 10.9 Å². The zero-order chi connectivity index (χ0) is 19.4. The third-order valence-corrected chi connectivity index (χ3v) is 7.96. The van der Waals surface area contributed by atoms with Gasteiger partial charge in [-0.3, -0.25) is 9.69 Å². The van der Waals surface area contributed by atoms with Crippen molar-refractivity contribution in [1.29, 1.82) is 0 Å². The van der Waals surface area contributed by atoms with Crippen LogP contribution < -0.4 is 0 Å². The second kappa shape index (κ2) is 7.02. The Morgan fingerprint density at radius 3 is 2.97 bits per heavy atom. The number of para-hydroxylation sites is 1. The number of amides is 1. The summed E-state index contributed by atoms with van der Waals surface area (Å²) in [6.45, 7) is 3.83. The standard InChI is InChI=1S/C25H31N3O/c29-24(17-27-13-10-18-6-1-2-8-22(18)27)28-12-5-7-19-14-20-15-21(25(19)28)16-26-11-4-3-9-23(20)26/h1-2,6,8,10,13-14,20-21,23,25H,3-5,7,9,11-12,15-17H2/t20-,21-,23?,25?/m0/s1. The first-order chi connectivity index (χ1) is 14.3. The summed E-state index contributed by atoms with van der Waals surface area (Å²) in [5, 5.41) is 1.21. The van der Waals surface area contributed by atoms with Gasteiger partial charge in [-0.15, -0.1) is 0 Å². The first kappa shape index (κ1) is 17.8. The smallest absolute Gasteiger partial charge is 0.243 e. The molecule has 0 spiro atoms. The number of hydrogen-bond donors (Lipinski definition) is 0. The van der Waals surface area contributed by atoms with E-state index in [1.165, 1.54) is 50.6 Å². The Balaban J connectivity index is 1.27. The third kappa shape index (κ3) is 2.95. The molecule has 2 aromatic rings. The molecular formula is C25H31N3O. The molecule has 152 valence electrons. The molecule has 0 saturated carbocycles. The van der Waals surface area contributed by atoms with Crippen molar-refractivity contribution in [1.82, 2.24) is 14.4 Å². The molecule has 2 bridgehead atoms. The van der Waals surface area contributed by atoms with E-state index < -0.39 is 0 Å². The molecule has 6 rings (SSSR count). The molecule has 4 heterocycles. The van der Waals surface area contributed by atoms with E-state index in [0.717, 1.165) is 30.4 Å². The van der Waals surface area contributed by atoms with Crippen molar-refractivity contribution in [3.05, 3.63) is 48.2 Å². The molecule has 3 fully saturated rings. The number of piperidine rings is 3. The highest BCUT2D eigenvalue weighted by atomic mass is 16.2. The normalized spacial score (nSPS) is 31.9. The van der Waals surface area contributed by atoms with Crippen molar-refractivity contribution in [2.75, 3.05) is 19.6 Å². The zero-order valence-corrected chi connectivity index (χ0v) is 17.2. The molecule has 1 aromatic carbocycles. The van der Waals surface area contributed by atoms with Crippen LogP contribution in [0, 0.1) is 11.8 Å². The summed E-state index contributed by atoms with van der Waals surface area (Å²) in [6, 6.07) is 11.6. The van der Waals surface area contributed by atoms with Gasteiger partial charge in [-0.2, -0.15) is 0 Å². The molecule has 29 heavy (non-hydrogen) atoms. The second-order valence-corrected chi connectivity index (χ2v) is 9.60. The fourth-order valence-electron chi connectivity index (χ4n) is 6.77. The Labute approximate surface area is 173 Å². The quantitative estimate of drug-likeness (QED) is 0.725. The highest BCUT2D eigenvalue weighted by Gasteiger charge is 2.46. The van der Waals surface area contributed by atoms with Gasteiger partial charge in [0.25, 0.3) is 0 Å². The average molecular weight is 390 g/mol. The first-order valence-corrected chi connectivity index (χ1v) is 11.6. The third-order valence-electron chi connectivity index (χ3n) is 7.96. The number of fused-ring (bicyclic) bond motifs is 7. The van der Waals surface area contributed by atoms with E-state index in [1.54, 1.807) is 5.57 Å². The van der Waals surface area contributed by atoms with Crippen LogP contribution in [0.2, 0.25) is 0 Å². The minimum atomic E-state index is 0.293. The molecule has 4 heteroatoms. The minimum Gasteiger partial charge on any atom is -0.338 e. The number of nitrogens with zero attached hydrogens (tertiary/aromatic N) is 3. The van der Waals surface area contributed by atoms with Crippen LogP contribution in [0.4, 0.5) is 0 Å². The van der Waals surface area contributed by atoms with E-state index in [9.17, 15) is 4.79 Å². The van der Waals surface area contributed by atoms with Gasteiger partial charge < -0.3 is 9.47 Å². The summed E-state index contributed by atoms with van der Waals surface area (Å²) in [5.41, 5.74) is 2.74. The molecule has 3 saturated heterocycles. The molecular weight excluding hydrogens is 358 g/mol. The van der Waals surface area contributed by atoms with Gasteiger partial charge >= 0.3 is 0 Å². The zero-order valence-electron chi connectivity index (χ0n) is 17.2. The molecule has 4 atom stereocenters. The summed E-state index contributed by atoms with van der Waals surface area (Å²) >= 11 is 0. The van der Waals surface area contributed by atoms with Gasteiger partial charge in [0.2, 0.25) is 5.91 Å². The number of hydrogen-bond acceptors (Lipinski definition) is 2. The van der Waals surface area contributed by atoms with E-state index in [0.29, 0.717) is 24.4 Å². The lowest BCUT2D eigenvalue weighted by Gasteiger charge is -2.54. The molecule has 0 N–H and O–H groups in total. The van der Waals surface area contributed by atoms with E-state index in [2.05, 4.69) is 57.0 Å². The van der Waals surface area contributed by atoms with Gasteiger partial charge in [0.05, 0.1) is 6.04 Å². The molecule has 0 radical (unpaired) electrons. The first-order valence-electron chi connectivity index (χ1n) is 11.6. The lowest BCUT2D eigenvalue weighted by atomic mass is 9.68. The van der Waals surface area contributed by atoms with Crippen LogP contribution in [-0.4, -0.2) is 52.0 Å². The van der Waals surface area contributed by atoms with Crippen LogP contribution in [0.5, 0.6) is 0 Å². The van der Waals surface area contributed by atoms with Crippen molar-refractivity contribution in [3.8, 4) is 0 Å². The number of rotatable bonds is 2. The van der Waals surface area contributed by atoms with Crippen LogP contribution in [0.3, 0.4) is 0 Å². The summed E-state index contributed by atoms with van der Waals surface area (Å²) in [7, 11) is 0. The van der Waals surface area contributed by atoms with Gasteiger partial charge in [0.1, 0.15) is 6.54 Å². The van der Waals surface area contributed by atoms with Gasteiger partial charge in [0, 0.05) is 30.8 Å². The summed E-state index contributed by atoms with van der Waals surface area (Å²) in [5.74, 6) is 1.64. The maximum Gasteiger partial charge on any atom is 0.243 e. The fourth-order valence-corrected chi connectivity index (χ4v) is 6.77. The lowest BCUT2D eigenvalue weighted by Crippen LogP contribution is -2.60. The highest BCUT2D eigenvalue weighted by Crippen LogP contribution is 2.45. The van der Waals surface area contributed by atoms with Crippen molar-refractivity contribution >= 4 is 16.8 Å². The number of aromatic nitrogens is 1. The Hall–Kier alpha value is -2.07. The largest absolute Gasteiger partial charge is 0.338 e. The van der Waals surface area contributed by atoms with Crippen molar-refractivity contribution < 1.29 is 4.79 Å². The monoisotopic (exact) mass is 389 g/mol. The van der Waals surface area contributed by atoms with Crippen molar-refractivity contribution in [2.45, 2.75) is 57.2 Å². The predicted octanol–water partition coefficient (Wildman–Crippen LogP) is 4.06. The molecule has 4 nitrogen and oxygen atoms in total. The number of benzene rings is 1. The van der Waals surface area contributed by atoms with Gasteiger partial charge in [-0.25, -0.2) is 0 Å². The van der Waals surface area contributed by atoms with E-state index in [1.807, 2.05) is 0 Å². The molecule has 1 amide bonds. The Morgan fingerprint density at radius 1 is 1.07 bits per heavy atom. The Morgan fingerprint density at radius 2 is 2.00 bits per heavy atom. The minimum absolute atomic E-state index is 0.293. The molecule has 1 aliphatic carbocycles. The second-order valence-electron chi connectivity index (χ2n) is 9.60. The Bertz CT molecular complexity index is 960. The van der Waals surface area contributed by atoms with Gasteiger partial charge in [0.15, 0.2) is 0 Å². The van der Waals surface area contributed by atoms with E-state index >= 15 is 0 Å². The Kier molecular flexibility index (Phi) is 4.30. The lowest BCUT2D eigenvalue weighted by molar-refractivity contribution is -0.136. The highest BCUT2D eigenvalue weighted by molar-refractivity contribution is 5.83. The predicted molar refractivity (Wildman–Crippen MR) is 116 cm³/mol. The van der Waals surface area contributed by atoms with E-state index in [-0.39, 0.29) is 0 Å². The number of carbonyl (C=O) groups is 1. The number of likely N-dealkylation sites (tertiary alicyclic amines) is 1. The van der Waals surface area contributed by atoms with Crippen LogP contribution in [0.1, 0.15) is 38.5 Å². The van der Waals surface area contributed by atoms with Gasteiger partial charge in [-0.05, 0) is 68.0 Å². The van der Waals surface area contributed by atoms with Crippen molar-refractivity contribution in [2.24, 2.45) is 11.8 Å².